The molecule has 1 aliphatic heterocycles. The number of piperidine rings is 1. The summed E-state index contributed by atoms with van der Waals surface area (Å²) in [5.41, 5.74) is 7.79. The highest BCUT2D eigenvalue weighted by Crippen LogP contribution is 2.22. The third-order valence-corrected chi connectivity index (χ3v) is 3.46. The summed E-state index contributed by atoms with van der Waals surface area (Å²) in [6.07, 6.45) is 8.22. The van der Waals surface area contributed by atoms with Crippen molar-refractivity contribution >= 4 is 0 Å². The van der Waals surface area contributed by atoms with Gasteiger partial charge >= 0.3 is 0 Å². The van der Waals surface area contributed by atoms with Gasteiger partial charge in [-0.25, -0.2) is 0 Å². The molecule has 0 aromatic carbocycles. The third kappa shape index (κ3) is 3.03. The van der Waals surface area contributed by atoms with E-state index in [0.717, 1.165) is 25.8 Å². The van der Waals surface area contributed by atoms with Crippen molar-refractivity contribution in [2.45, 2.75) is 31.2 Å². The van der Waals surface area contributed by atoms with E-state index in [9.17, 15) is 0 Å². The predicted octanol–water partition coefficient (Wildman–Crippen LogP) is 1.44. The normalized spacial score (nSPS) is 26.9. The van der Waals surface area contributed by atoms with Crippen LogP contribution >= 0.6 is 0 Å². The standard InChI is InChI=1S/C13H21N3/c1-16-10-2-6-13(14,11-16)7-3-12-4-8-15-9-5-12/h4-5,8-9H,2-3,6-7,10-11,14H2,1H3. The molecule has 0 bridgehead atoms. The number of nitrogens with two attached hydrogens (primary N) is 1. The molecule has 2 N–H and O–H groups in total. The van der Waals surface area contributed by atoms with Gasteiger partial charge in [0.1, 0.15) is 0 Å². The van der Waals surface area contributed by atoms with Gasteiger partial charge in [0.05, 0.1) is 0 Å². The minimum atomic E-state index is 0.0102. The van der Waals surface area contributed by atoms with Crippen molar-refractivity contribution in [3.05, 3.63) is 30.1 Å². The molecule has 16 heavy (non-hydrogen) atoms. The summed E-state index contributed by atoms with van der Waals surface area (Å²) in [7, 11) is 2.16. The Morgan fingerprint density at radius 1 is 1.44 bits per heavy atom. The second-order valence-electron chi connectivity index (χ2n) is 5.06. The monoisotopic (exact) mass is 219 g/mol. The number of hydrogen-bond acceptors (Lipinski definition) is 3. The Labute approximate surface area is 97.7 Å². The van der Waals surface area contributed by atoms with E-state index in [0.29, 0.717) is 0 Å². The predicted molar refractivity (Wildman–Crippen MR) is 66.2 cm³/mol. The minimum absolute atomic E-state index is 0.0102. The average Bonchev–Trinajstić information content (AvgIpc) is 2.28. The van der Waals surface area contributed by atoms with Gasteiger partial charge in [-0.15, -0.1) is 0 Å². The zero-order chi connectivity index (χ0) is 11.4. The summed E-state index contributed by atoms with van der Waals surface area (Å²) in [6.45, 7) is 2.21. The van der Waals surface area contributed by atoms with Crippen LogP contribution in [0.4, 0.5) is 0 Å². The Balaban J connectivity index is 1.89. The van der Waals surface area contributed by atoms with Crippen molar-refractivity contribution in [1.29, 1.82) is 0 Å². The van der Waals surface area contributed by atoms with Crippen LogP contribution in [0.25, 0.3) is 0 Å². The summed E-state index contributed by atoms with van der Waals surface area (Å²) < 4.78 is 0. The van der Waals surface area contributed by atoms with Gasteiger partial charge in [0, 0.05) is 24.5 Å². The highest BCUT2D eigenvalue weighted by Gasteiger charge is 2.29. The molecular formula is C13H21N3. The lowest BCUT2D eigenvalue weighted by molar-refractivity contribution is 0.170. The largest absolute Gasteiger partial charge is 0.324 e. The van der Waals surface area contributed by atoms with Crippen LogP contribution in [0.3, 0.4) is 0 Å². The van der Waals surface area contributed by atoms with Crippen molar-refractivity contribution in [1.82, 2.24) is 9.88 Å². The number of pyridine rings is 1. The summed E-state index contributed by atoms with van der Waals surface area (Å²) in [5, 5.41) is 0. The van der Waals surface area contributed by atoms with Crippen LogP contribution in [-0.4, -0.2) is 35.6 Å². The first-order valence-corrected chi connectivity index (χ1v) is 6.04. The van der Waals surface area contributed by atoms with E-state index >= 15 is 0 Å². The summed E-state index contributed by atoms with van der Waals surface area (Å²) in [6, 6.07) is 4.16. The van der Waals surface area contributed by atoms with Gasteiger partial charge in [0.15, 0.2) is 0 Å². The van der Waals surface area contributed by atoms with Crippen LogP contribution in [-0.2, 0) is 6.42 Å². The number of aromatic nitrogens is 1. The minimum Gasteiger partial charge on any atom is -0.324 e. The molecule has 3 heteroatoms. The van der Waals surface area contributed by atoms with Crippen LogP contribution in [0.1, 0.15) is 24.8 Å². The number of aryl methyl sites for hydroxylation is 1. The van der Waals surface area contributed by atoms with Gasteiger partial charge in [0.25, 0.3) is 0 Å². The molecule has 1 aromatic rings. The molecule has 0 aliphatic carbocycles. The van der Waals surface area contributed by atoms with Gasteiger partial charge in [-0.05, 0) is 57.0 Å². The Morgan fingerprint density at radius 2 is 2.19 bits per heavy atom. The number of hydrogen-bond donors (Lipinski definition) is 1. The molecule has 1 saturated heterocycles. The van der Waals surface area contributed by atoms with Crippen LogP contribution in [0.2, 0.25) is 0 Å². The maximum absolute atomic E-state index is 6.44. The molecule has 0 spiro atoms. The van der Waals surface area contributed by atoms with E-state index in [1.54, 1.807) is 0 Å². The first kappa shape index (κ1) is 11.6. The van der Waals surface area contributed by atoms with Crippen LogP contribution in [0, 0.1) is 0 Å². The molecule has 1 unspecified atom stereocenters. The molecule has 0 amide bonds. The molecular weight excluding hydrogens is 198 g/mol. The topological polar surface area (TPSA) is 42.1 Å². The fraction of sp³-hybridized carbons (Fsp3) is 0.615. The highest BCUT2D eigenvalue weighted by atomic mass is 15.1. The van der Waals surface area contributed by atoms with E-state index < -0.39 is 0 Å². The first-order chi connectivity index (χ1) is 7.68. The van der Waals surface area contributed by atoms with E-state index in [4.69, 9.17) is 5.73 Å². The Kier molecular flexibility index (Phi) is 3.56. The second kappa shape index (κ2) is 4.93. The van der Waals surface area contributed by atoms with Crippen molar-refractivity contribution in [3.8, 4) is 0 Å². The van der Waals surface area contributed by atoms with Gasteiger partial charge in [-0.1, -0.05) is 0 Å². The van der Waals surface area contributed by atoms with Crippen molar-refractivity contribution in [3.63, 3.8) is 0 Å². The van der Waals surface area contributed by atoms with E-state index in [1.165, 1.54) is 18.5 Å². The van der Waals surface area contributed by atoms with Crippen molar-refractivity contribution < 1.29 is 0 Å². The lowest BCUT2D eigenvalue weighted by Gasteiger charge is -2.38. The summed E-state index contributed by atoms with van der Waals surface area (Å²) in [5.74, 6) is 0. The number of likely N-dealkylation sites (N-methyl/N-ethyl adjacent to an activating group) is 1. The smallest absolute Gasteiger partial charge is 0.0286 e. The molecule has 2 rings (SSSR count). The SMILES string of the molecule is CN1CCCC(N)(CCc2ccncc2)C1. The summed E-state index contributed by atoms with van der Waals surface area (Å²) in [4.78, 5) is 6.37. The van der Waals surface area contributed by atoms with Gasteiger partial charge in [-0.2, -0.15) is 0 Å². The first-order valence-electron chi connectivity index (χ1n) is 6.04. The summed E-state index contributed by atoms with van der Waals surface area (Å²) >= 11 is 0. The molecule has 1 fully saturated rings. The molecule has 0 saturated carbocycles. The fourth-order valence-electron chi connectivity index (χ4n) is 2.54. The van der Waals surface area contributed by atoms with Crippen LogP contribution in [0.5, 0.6) is 0 Å². The fourth-order valence-corrected chi connectivity index (χ4v) is 2.54. The number of likely N-dealkylation sites (tertiary alicyclic amines) is 1. The van der Waals surface area contributed by atoms with E-state index in [2.05, 4.69) is 29.1 Å². The third-order valence-electron chi connectivity index (χ3n) is 3.46. The Hall–Kier alpha value is -0.930. The highest BCUT2D eigenvalue weighted by molar-refractivity contribution is 5.11. The lowest BCUT2D eigenvalue weighted by Crippen LogP contribution is -2.53. The van der Waals surface area contributed by atoms with E-state index in [-0.39, 0.29) is 5.54 Å². The molecule has 1 aliphatic rings. The lowest BCUT2D eigenvalue weighted by atomic mass is 9.85. The molecule has 88 valence electrons. The van der Waals surface area contributed by atoms with Crippen molar-refractivity contribution in [2.24, 2.45) is 5.73 Å². The number of rotatable bonds is 3. The molecule has 0 radical (unpaired) electrons. The maximum atomic E-state index is 6.44. The molecule has 3 nitrogen and oxygen atoms in total. The quantitative estimate of drug-likeness (QED) is 0.836. The zero-order valence-electron chi connectivity index (χ0n) is 10.0. The van der Waals surface area contributed by atoms with Gasteiger partial charge in [-0.3, -0.25) is 4.98 Å². The second-order valence-corrected chi connectivity index (χ2v) is 5.06. The Bertz CT molecular complexity index is 325. The molecule has 1 aromatic heterocycles. The van der Waals surface area contributed by atoms with Crippen molar-refractivity contribution in [2.75, 3.05) is 20.1 Å². The molecule has 2 heterocycles. The number of nitrogens with zero attached hydrogens (tertiary/aromatic N) is 2. The molecule has 1 atom stereocenters. The van der Waals surface area contributed by atoms with Crippen LogP contribution < -0.4 is 5.73 Å². The average molecular weight is 219 g/mol. The zero-order valence-corrected chi connectivity index (χ0v) is 10.0. The van der Waals surface area contributed by atoms with E-state index in [1.807, 2.05) is 12.4 Å². The van der Waals surface area contributed by atoms with Crippen LogP contribution in [0.15, 0.2) is 24.5 Å². The van der Waals surface area contributed by atoms with Gasteiger partial charge in [0.2, 0.25) is 0 Å². The van der Waals surface area contributed by atoms with Gasteiger partial charge < -0.3 is 10.6 Å². The maximum Gasteiger partial charge on any atom is 0.0286 e. The Morgan fingerprint density at radius 3 is 2.88 bits per heavy atom.